The van der Waals surface area contributed by atoms with Gasteiger partial charge in [-0.2, -0.15) is 0 Å². The number of nitro groups is 1. The van der Waals surface area contributed by atoms with Crippen molar-refractivity contribution in [1.29, 1.82) is 0 Å². The molecule has 0 bridgehead atoms. The van der Waals surface area contributed by atoms with Crippen molar-refractivity contribution in [3.63, 3.8) is 0 Å². The third-order valence-electron chi connectivity index (χ3n) is 2.63. The number of hydrogen-bond acceptors (Lipinski definition) is 6. The van der Waals surface area contributed by atoms with Gasteiger partial charge in [-0.05, 0) is 26.0 Å². The van der Waals surface area contributed by atoms with Crippen LogP contribution in [0.5, 0.6) is 5.75 Å². The van der Waals surface area contributed by atoms with Gasteiger partial charge in [0.15, 0.2) is 0 Å². The van der Waals surface area contributed by atoms with Crippen LogP contribution in [0.4, 0.5) is 16.4 Å². The highest BCUT2D eigenvalue weighted by atomic mass is 16.6. The summed E-state index contributed by atoms with van der Waals surface area (Å²) in [6.45, 7) is 3.49. The van der Waals surface area contributed by atoms with E-state index in [0.717, 1.165) is 0 Å². The third kappa shape index (κ3) is 2.91. The number of benzene rings is 1. The summed E-state index contributed by atoms with van der Waals surface area (Å²) < 4.78 is 9.86. The quantitative estimate of drug-likeness (QED) is 0.682. The maximum atomic E-state index is 11.6. The Kier molecular flexibility index (Phi) is 3.65. The fourth-order valence-electron chi connectivity index (χ4n) is 1.39. The van der Waals surface area contributed by atoms with Gasteiger partial charge >= 0.3 is 6.09 Å². The summed E-state index contributed by atoms with van der Waals surface area (Å²) >= 11 is 0. The van der Waals surface area contributed by atoms with Gasteiger partial charge < -0.3 is 9.26 Å². The van der Waals surface area contributed by atoms with Crippen molar-refractivity contribution >= 4 is 17.7 Å². The molecule has 8 heteroatoms. The highest BCUT2D eigenvalue weighted by Crippen LogP contribution is 2.20. The highest BCUT2D eigenvalue weighted by Gasteiger charge is 2.13. The number of rotatable bonds is 3. The minimum absolute atomic E-state index is 0.0838. The molecule has 0 atom stereocenters. The molecule has 0 saturated heterocycles. The average molecular weight is 277 g/mol. The van der Waals surface area contributed by atoms with Gasteiger partial charge in [0.1, 0.15) is 5.75 Å². The summed E-state index contributed by atoms with van der Waals surface area (Å²) in [5.74, 6) is 0.386. The minimum Gasteiger partial charge on any atom is -0.410 e. The molecule has 1 aromatic heterocycles. The Bertz CT molecular complexity index is 648. The number of ether oxygens (including phenoxy) is 1. The smallest absolute Gasteiger partial charge is 0.410 e. The van der Waals surface area contributed by atoms with Gasteiger partial charge in [0.2, 0.25) is 5.88 Å². The molecule has 8 nitrogen and oxygen atoms in total. The Morgan fingerprint density at radius 3 is 2.50 bits per heavy atom. The lowest BCUT2D eigenvalue weighted by Crippen LogP contribution is -2.16. The number of amides is 1. The second kappa shape index (κ2) is 5.39. The largest absolute Gasteiger partial charge is 0.419 e. The number of nitro benzene ring substituents is 1. The van der Waals surface area contributed by atoms with E-state index in [1.807, 2.05) is 0 Å². The lowest BCUT2D eigenvalue weighted by molar-refractivity contribution is -0.384. The molecule has 0 aliphatic heterocycles. The van der Waals surface area contributed by atoms with Gasteiger partial charge in [0.05, 0.1) is 10.6 Å². The predicted octanol–water partition coefficient (Wildman–Crippen LogP) is 2.81. The molecule has 20 heavy (non-hydrogen) atoms. The Balaban J connectivity index is 2.01. The molecule has 2 rings (SSSR count). The molecular weight excluding hydrogens is 266 g/mol. The van der Waals surface area contributed by atoms with Gasteiger partial charge in [0, 0.05) is 17.7 Å². The number of hydrogen-bond donors (Lipinski definition) is 1. The van der Waals surface area contributed by atoms with Crippen LogP contribution in [0.3, 0.4) is 0 Å². The molecule has 0 aliphatic carbocycles. The predicted molar refractivity (Wildman–Crippen MR) is 68.7 cm³/mol. The van der Waals surface area contributed by atoms with Gasteiger partial charge in [-0.15, -0.1) is 0 Å². The van der Waals surface area contributed by atoms with Crippen molar-refractivity contribution in [2.45, 2.75) is 13.8 Å². The van der Waals surface area contributed by atoms with Crippen LogP contribution in [0.15, 0.2) is 28.8 Å². The molecule has 1 heterocycles. The molecule has 0 spiro atoms. The molecule has 0 radical (unpaired) electrons. The van der Waals surface area contributed by atoms with Crippen LogP contribution in [0.1, 0.15) is 11.3 Å². The topological polar surface area (TPSA) is 108 Å². The van der Waals surface area contributed by atoms with E-state index in [1.54, 1.807) is 13.8 Å². The van der Waals surface area contributed by atoms with E-state index in [1.165, 1.54) is 24.3 Å². The highest BCUT2D eigenvalue weighted by molar-refractivity contribution is 5.85. The van der Waals surface area contributed by atoms with Gasteiger partial charge in [0.25, 0.3) is 5.69 Å². The van der Waals surface area contributed by atoms with Crippen molar-refractivity contribution < 1.29 is 19.0 Å². The third-order valence-corrected chi connectivity index (χ3v) is 2.63. The number of nitrogens with one attached hydrogen (secondary N) is 1. The first-order chi connectivity index (χ1) is 9.47. The summed E-state index contributed by atoms with van der Waals surface area (Å²) in [4.78, 5) is 21.6. The SMILES string of the molecule is Cc1noc(NC(=O)Oc2ccc([N+](=O)[O-])cc2)c1C. The lowest BCUT2D eigenvalue weighted by Gasteiger charge is -2.04. The second-order valence-electron chi connectivity index (χ2n) is 3.99. The van der Waals surface area contributed by atoms with Crippen molar-refractivity contribution in [3.8, 4) is 5.75 Å². The van der Waals surface area contributed by atoms with Crippen LogP contribution in [-0.2, 0) is 0 Å². The molecule has 0 fully saturated rings. The zero-order valence-corrected chi connectivity index (χ0v) is 10.7. The Labute approximate surface area is 113 Å². The van der Waals surface area contributed by atoms with Crippen molar-refractivity contribution in [3.05, 3.63) is 45.6 Å². The van der Waals surface area contributed by atoms with E-state index < -0.39 is 11.0 Å². The van der Waals surface area contributed by atoms with E-state index in [0.29, 0.717) is 11.3 Å². The van der Waals surface area contributed by atoms with Crippen LogP contribution in [-0.4, -0.2) is 16.2 Å². The number of nitrogens with zero attached hydrogens (tertiary/aromatic N) is 2. The van der Waals surface area contributed by atoms with Crippen molar-refractivity contribution in [2.24, 2.45) is 0 Å². The maximum Gasteiger partial charge on any atom is 0.419 e. The molecule has 1 N–H and O–H groups in total. The molecule has 1 aromatic carbocycles. The zero-order chi connectivity index (χ0) is 14.7. The first kappa shape index (κ1) is 13.5. The fraction of sp³-hybridized carbons (Fsp3) is 0.167. The Hall–Kier alpha value is -2.90. The van der Waals surface area contributed by atoms with Crippen molar-refractivity contribution in [2.75, 3.05) is 5.32 Å². The number of aromatic nitrogens is 1. The summed E-state index contributed by atoms with van der Waals surface area (Å²) in [5, 5.41) is 16.6. The van der Waals surface area contributed by atoms with Gasteiger partial charge in [-0.3, -0.25) is 15.4 Å². The van der Waals surface area contributed by atoms with Gasteiger partial charge in [-0.25, -0.2) is 4.79 Å². The second-order valence-corrected chi connectivity index (χ2v) is 3.99. The molecule has 104 valence electrons. The number of carbonyl (C=O) groups is 1. The molecule has 0 unspecified atom stereocenters. The van der Waals surface area contributed by atoms with Crippen LogP contribution in [0.25, 0.3) is 0 Å². The van der Waals surface area contributed by atoms with Crippen LogP contribution in [0, 0.1) is 24.0 Å². The average Bonchev–Trinajstić information content (AvgIpc) is 2.71. The number of carbonyl (C=O) groups excluding carboxylic acids is 1. The summed E-state index contributed by atoms with van der Waals surface area (Å²) in [7, 11) is 0. The summed E-state index contributed by atoms with van der Waals surface area (Å²) in [6.07, 6.45) is -0.766. The van der Waals surface area contributed by atoms with Crippen molar-refractivity contribution in [1.82, 2.24) is 5.16 Å². The monoisotopic (exact) mass is 277 g/mol. The summed E-state index contributed by atoms with van der Waals surface area (Å²) in [5.41, 5.74) is 1.28. The zero-order valence-electron chi connectivity index (χ0n) is 10.7. The fourth-order valence-corrected chi connectivity index (χ4v) is 1.39. The Morgan fingerprint density at radius 2 is 2.00 bits per heavy atom. The van der Waals surface area contributed by atoms with E-state index in [4.69, 9.17) is 9.26 Å². The number of anilines is 1. The molecule has 2 aromatic rings. The molecule has 0 saturated carbocycles. The van der Waals surface area contributed by atoms with E-state index >= 15 is 0 Å². The molecule has 0 aliphatic rings. The van der Waals surface area contributed by atoms with Crippen LogP contribution < -0.4 is 10.1 Å². The maximum absolute atomic E-state index is 11.6. The van der Waals surface area contributed by atoms with Crippen LogP contribution in [0.2, 0.25) is 0 Å². The van der Waals surface area contributed by atoms with Crippen LogP contribution >= 0.6 is 0 Å². The lowest BCUT2D eigenvalue weighted by atomic mass is 10.3. The van der Waals surface area contributed by atoms with E-state index in [2.05, 4.69) is 10.5 Å². The number of non-ortho nitro benzene ring substituents is 1. The first-order valence-corrected chi connectivity index (χ1v) is 5.63. The van der Waals surface area contributed by atoms with Gasteiger partial charge in [-0.1, -0.05) is 5.16 Å². The Morgan fingerprint density at radius 1 is 1.35 bits per heavy atom. The van der Waals surface area contributed by atoms with E-state index in [-0.39, 0.29) is 17.3 Å². The molecule has 1 amide bonds. The number of aryl methyl sites for hydroxylation is 1. The first-order valence-electron chi connectivity index (χ1n) is 5.63. The van der Waals surface area contributed by atoms with E-state index in [9.17, 15) is 14.9 Å². The standard InChI is InChI=1S/C12H11N3O5/c1-7-8(2)14-20-11(7)13-12(16)19-10-5-3-9(4-6-10)15(17)18/h3-6H,1-2H3,(H,13,16). The summed E-state index contributed by atoms with van der Waals surface area (Å²) in [6, 6.07) is 5.14. The minimum atomic E-state index is -0.766. The molecular formula is C12H11N3O5. The normalized spacial score (nSPS) is 10.1.